The van der Waals surface area contributed by atoms with Gasteiger partial charge in [-0.1, -0.05) is 11.8 Å². The lowest BCUT2D eigenvalue weighted by atomic mass is 10.1. The van der Waals surface area contributed by atoms with Crippen molar-refractivity contribution in [2.24, 2.45) is 0 Å². The van der Waals surface area contributed by atoms with Crippen molar-refractivity contribution in [3.63, 3.8) is 0 Å². The van der Waals surface area contributed by atoms with Gasteiger partial charge in [0, 0.05) is 5.56 Å². The quantitative estimate of drug-likeness (QED) is 0.550. The number of hydrogen-bond acceptors (Lipinski definition) is 3. The number of halogens is 2. The Hall–Kier alpha value is -2.40. The fourth-order valence-corrected chi connectivity index (χ4v) is 1.04. The van der Waals surface area contributed by atoms with Crippen LogP contribution in [0.1, 0.15) is 17.5 Å². The van der Waals surface area contributed by atoms with Crippen LogP contribution in [0.4, 0.5) is 8.78 Å². The van der Waals surface area contributed by atoms with Gasteiger partial charge >= 0.3 is 5.97 Å². The Morgan fingerprint density at radius 3 is 2.47 bits per heavy atom. The summed E-state index contributed by atoms with van der Waals surface area (Å²) < 4.78 is 30.6. The molecule has 1 aromatic rings. The minimum Gasteiger partial charge on any atom is -0.468 e. The van der Waals surface area contributed by atoms with Crippen LogP contribution in [0.25, 0.3) is 0 Å². The molecular weight excluding hydrogens is 228 g/mol. The molecule has 1 rings (SSSR count). The highest BCUT2D eigenvalue weighted by molar-refractivity contribution is 5.72. The monoisotopic (exact) mass is 235 g/mol. The average molecular weight is 235 g/mol. The Balaban J connectivity index is 2.95. The smallest absolute Gasteiger partial charge is 0.317 e. The third kappa shape index (κ3) is 3.29. The molecule has 0 saturated heterocycles. The molecule has 1 aromatic carbocycles. The molecule has 0 atom stereocenters. The van der Waals surface area contributed by atoms with Crippen molar-refractivity contribution in [1.82, 2.24) is 0 Å². The molecule has 0 heterocycles. The number of nitrogens with zero attached hydrogens (tertiary/aromatic N) is 1. The maximum Gasteiger partial charge on any atom is 0.317 e. The normalized spacial score (nSPS) is 8.82. The second-order valence-electron chi connectivity index (χ2n) is 2.98. The molecule has 0 aromatic heterocycles. The molecule has 3 nitrogen and oxygen atoms in total. The number of benzene rings is 1. The van der Waals surface area contributed by atoms with Crippen LogP contribution in [0.2, 0.25) is 0 Å². The van der Waals surface area contributed by atoms with Crippen molar-refractivity contribution in [1.29, 1.82) is 5.26 Å². The molecule has 0 fully saturated rings. The Bertz CT molecular complexity index is 527. The molecule has 17 heavy (non-hydrogen) atoms. The summed E-state index contributed by atoms with van der Waals surface area (Å²) in [4.78, 5) is 10.7. The molecule has 0 radical (unpaired) electrons. The van der Waals surface area contributed by atoms with Crippen molar-refractivity contribution in [3.8, 4) is 17.9 Å². The number of rotatable bonds is 1. The fraction of sp³-hybridized carbons (Fsp3) is 0.167. The van der Waals surface area contributed by atoms with E-state index in [0.717, 1.165) is 12.1 Å². The van der Waals surface area contributed by atoms with E-state index in [1.807, 2.05) is 0 Å². The molecule has 0 aliphatic carbocycles. The number of esters is 1. The third-order valence-corrected chi connectivity index (χ3v) is 1.85. The van der Waals surface area contributed by atoms with Crippen molar-refractivity contribution >= 4 is 5.97 Å². The lowest BCUT2D eigenvalue weighted by molar-refractivity contribution is -0.139. The van der Waals surface area contributed by atoms with Gasteiger partial charge in [0.05, 0.1) is 7.11 Å². The van der Waals surface area contributed by atoms with E-state index in [-0.39, 0.29) is 12.0 Å². The van der Waals surface area contributed by atoms with Gasteiger partial charge in [-0.05, 0) is 12.1 Å². The van der Waals surface area contributed by atoms with Crippen LogP contribution < -0.4 is 0 Å². The number of hydrogen-bond donors (Lipinski definition) is 0. The molecule has 0 bridgehead atoms. The number of carbonyl (C=O) groups excluding carboxylic acids is 1. The van der Waals surface area contributed by atoms with E-state index in [1.165, 1.54) is 13.2 Å². The van der Waals surface area contributed by atoms with Gasteiger partial charge in [-0.25, -0.2) is 8.78 Å². The molecule has 0 amide bonds. The predicted octanol–water partition coefficient (Wildman–Crippen LogP) is 1.75. The van der Waals surface area contributed by atoms with E-state index >= 15 is 0 Å². The molecule has 86 valence electrons. The zero-order valence-corrected chi connectivity index (χ0v) is 8.88. The second kappa shape index (κ2) is 5.62. The third-order valence-electron chi connectivity index (χ3n) is 1.85. The van der Waals surface area contributed by atoms with E-state index in [0.29, 0.717) is 0 Å². The van der Waals surface area contributed by atoms with E-state index in [2.05, 4.69) is 16.6 Å². The van der Waals surface area contributed by atoms with Gasteiger partial charge in [-0.3, -0.25) is 4.79 Å². The summed E-state index contributed by atoms with van der Waals surface area (Å²) in [7, 11) is 1.21. The van der Waals surface area contributed by atoms with Crippen molar-refractivity contribution in [3.05, 3.63) is 34.9 Å². The lowest BCUT2D eigenvalue weighted by Gasteiger charge is -1.96. The highest BCUT2D eigenvalue weighted by Crippen LogP contribution is 2.13. The number of nitriles is 1. The topological polar surface area (TPSA) is 50.1 Å². The number of methoxy groups -OCH3 is 1. The standard InChI is InChI=1S/C12H7F2NO2/c1-17-12(16)4-2-3-8-5-10(13)9(7-15)11(14)6-8/h5-6H,4H2,1H3. The van der Waals surface area contributed by atoms with Crippen molar-refractivity contribution < 1.29 is 18.3 Å². The van der Waals surface area contributed by atoms with Gasteiger partial charge < -0.3 is 4.74 Å². The maximum atomic E-state index is 13.1. The summed E-state index contributed by atoms with van der Waals surface area (Å²) in [5.41, 5.74) is -0.591. The van der Waals surface area contributed by atoms with E-state index in [4.69, 9.17) is 5.26 Å². The minimum atomic E-state index is -0.977. The van der Waals surface area contributed by atoms with Crippen molar-refractivity contribution in [2.45, 2.75) is 6.42 Å². The zero-order chi connectivity index (χ0) is 12.8. The first-order valence-electron chi connectivity index (χ1n) is 4.53. The number of carbonyl (C=O) groups is 1. The average Bonchev–Trinajstić information content (AvgIpc) is 2.28. The van der Waals surface area contributed by atoms with Gasteiger partial charge in [0.15, 0.2) is 0 Å². The van der Waals surface area contributed by atoms with Crippen LogP contribution in [-0.2, 0) is 9.53 Å². The van der Waals surface area contributed by atoms with Crippen LogP contribution in [0, 0.1) is 34.8 Å². The fourth-order valence-electron chi connectivity index (χ4n) is 1.04. The lowest BCUT2D eigenvalue weighted by Crippen LogP contribution is -1.97. The first-order valence-corrected chi connectivity index (χ1v) is 4.53. The summed E-state index contributed by atoms with van der Waals surface area (Å²) in [6, 6.07) is 3.27. The SMILES string of the molecule is COC(=O)CC#Cc1cc(F)c(C#N)c(F)c1. The highest BCUT2D eigenvalue weighted by atomic mass is 19.1. The first-order chi connectivity index (χ1) is 8.08. The van der Waals surface area contributed by atoms with Gasteiger partial charge in [-0.2, -0.15) is 5.26 Å². The van der Waals surface area contributed by atoms with E-state index in [1.54, 1.807) is 0 Å². The molecule has 0 spiro atoms. The van der Waals surface area contributed by atoms with Crippen LogP contribution in [-0.4, -0.2) is 13.1 Å². The van der Waals surface area contributed by atoms with E-state index < -0.39 is 23.2 Å². The summed E-state index contributed by atoms with van der Waals surface area (Å²) in [6.45, 7) is 0. The first kappa shape index (κ1) is 12.7. The summed E-state index contributed by atoms with van der Waals surface area (Å²) in [5.74, 6) is 2.32. The second-order valence-corrected chi connectivity index (χ2v) is 2.98. The molecule has 0 aliphatic heterocycles. The van der Waals surface area contributed by atoms with Gasteiger partial charge in [0.25, 0.3) is 0 Å². The van der Waals surface area contributed by atoms with Gasteiger partial charge in [0.2, 0.25) is 0 Å². The summed E-state index contributed by atoms with van der Waals surface area (Å²) >= 11 is 0. The zero-order valence-electron chi connectivity index (χ0n) is 8.88. The van der Waals surface area contributed by atoms with Gasteiger partial charge in [0.1, 0.15) is 29.7 Å². The van der Waals surface area contributed by atoms with E-state index in [9.17, 15) is 13.6 Å². The number of ether oxygens (including phenoxy) is 1. The van der Waals surface area contributed by atoms with Crippen LogP contribution in [0.15, 0.2) is 12.1 Å². The van der Waals surface area contributed by atoms with Crippen molar-refractivity contribution in [2.75, 3.05) is 7.11 Å². The summed E-state index contributed by atoms with van der Waals surface area (Å²) in [6.07, 6.45) is -0.167. The largest absolute Gasteiger partial charge is 0.468 e. The van der Waals surface area contributed by atoms with Gasteiger partial charge in [-0.15, -0.1) is 0 Å². The maximum absolute atomic E-state index is 13.1. The highest BCUT2D eigenvalue weighted by Gasteiger charge is 2.09. The molecule has 0 N–H and O–H groups in total. The minimum absolute atomic E-state index is 0.0582. The summed E-state index contributed by atoms with van der Waals surface area (Å²) in [5, 5.41) is 8.44. The molecule has 0 saturated carbocycles. The Labute approximate surface area is 96.6 Å². The Morgan fingerprint density at radius 2 is 2.00 bits per heavy atom. The Kier molecular flexibility index (Phi) is 4.19. The molecule has 0 unspecified atom stereocenters. The van der Waals surface area contributed by atoms with Crippen LogP contribution >= 0.6 is 0 Å². The van der Waals surface area contributed by atoms with Crippen LogP contribution in [0.5, 0.6) is 0 Å². The Morgan fingerprint density at radius 1 is 1.41 bits per heavy atom. The predicted molar refractivity (Wildman–Crippen MR) is 54.6 cm³/mol. The molecular formula is C12H7F2NO2. The molecule has 0 aliphatic rings. The molecule has 5 heteroatoms. The van der Waals surface area contributed by atoms with Crippen LogP contribution in [0.3, 0.4) is 0 Å².